The summed E-state index contributed by atoms with van der Waals surface area (Å²) in [7, 11) is 0. The molecule has 2 aliphatic heterocycles. The highest BCUT2D eigenvalue weighted by Crippen LogP contribution is 2.49. The summed E-state index contributed by atoms with van der Waals surface area (Å²) in [5.74, 6) is 1.26. The van der Waals surface area contributed by atoms with E-state index in [4.69, 9.17) is 11.6 Å². The van der Waals surface area contributed by atoms with Gasteiger partial charge in [0.2, 0.25) is 5.91 Å². The zero-order chi connectivity index (χ0) is 19.1. The number of piperidine rings is 1. The minimum atomic E-state index is 0.171. The molecule has 0 radical (unpaired) electrons. The predicted octanol–water partition coefficient (Wildman–Crippen LogP) is 5.66. The minimum absolute atomic E-state index is 0.171. The van der Waals surface area contributed by atoms with Gasteiger partial charge in [-0.2, -0.15) is 0 Å². The third kappa shape index (κ3) is 3.74. The number of halogens is 1. The van der Waals surface area contributed by atoms with E-state index in [2.05, 4.69) is 26.7 Å². The largest absolute Gasteiger partial charge is 0.335 e. The summed E-state index contributed by atoms with van der Waals surface area (Å²) < 4.78 is 2.36. The fourth-order valence-electron chi connectivity index (χ4n) is 4.60. The van der Waals surface area contributed by atoms with Gasteiger partial charge >= 0.3 is 0 Å². The first-order valence-corrected chi connectivity index (χ1v) is 12.3. The number of amides is 1. The van der Waals surface area contributed by atoms with Gasteiger partial charge < -0.3 is 4.90 Å². The maximum atomic E-state index is 13.4. The third-order valence-corrected chi connectivity index (χ3v) is 8.85. The Morgan fingerprint density at radius 1 is 1.07 bits per heavy atom. The molecule has 2 fully saturated rings. The lowest BCUT2D eigenvalue weighted by Crippen LogP contribution is -2.46. The highest BCUT2D eigenvalue weighted by atomic mass is 35.5. The van der Waals surface area contributed by atoms with Gasteiger partial charge in [-0.25, -0.2) is 4.31 Å². The van der Waals surface area contributed by atoms with Gasteiger partial charge in [0.15, 0.2) is 0 Å². The van der Waals surface area contributed by atoms with Crippen molar-refractivity contribution in [2.75, 3.05) is 19.6 Å². The second-order valence-corrected chi connectivity index (χ2v) is 10.6. The van der Waals surface area contributed by atoms with Gasteiger partial charge in [-0.05, 0) is 79.1 Å². The van der Waals surface area contributed by atoms with Crippen LogP contribution < -0.4 is 0 Å². The van der Waals surface area contributed by atoms with Crippen LogP contribution in [0, 0.1) is 11.8 Å². The Morgan fingerprint density at radius 2 is 1.86 bits per heavy atom. The Kier molecular flexibility index (Phi) is 5.44. The molecule has 1 aromatic heterocycles. The Labute approximate surface area is 180 Å². The van der Waals surface area contributed by atoms with Crippen molar-refractivity contribution >= 4 is 40.8 Å². The van der Waals surface area contributed by atoms with Crippen molar-refractivity contribution in [1.29, 1.82) is 0 Å². The topological polar surface area (TPSA) is 23.6 Å². The van der Waals surface area contributed by atoms with Crippen molar-refractivity contribution in [3.8, 4) is 0 Å². The highest BCUT2D eigenvalue weighted by molar-refractivity contribution is 7.97. The lowest BCUT2D eigenvalue weighted by atomic mass is 9.91. The van der Waals surface area contributed by atoms with E-state index in [-0.39, 0.29) is 5.92 Å². The second kappa shape index (κ2) is 8.02. The molecular weight excluding hydrogens is 408 g/mol. The molecule has 3 aliphatic rings. The molecule has 5 rings (SSSR count). The summed E-state index contributed by atoms with van der Waals surface area (Å²) in [5.41, 5.74) is 1.44. The Morgan fingerprint density at radius 3 is 2.61 bits per heavy atom. The van der Waals surface area contributed by atoms with Crippen LogP contribution in [0.25, 0.3) is 0 Å². The average molecular weight is 433 g/mol. The molecule has 148 valence electrons. The summed E-state index contributed by atoms with van der Waals surface area (Å²) >= 11 is 9.89. The molecule has 1 aliphatic carbocycles. The number of fused-ring (bicyclic) bond motifs is 1. The SMILES string of the molecule is O=C(C1CCN(Sc2ccccc2Cl)CC1)N1CCc2sccc2C1C1CC1. The molecule has 1 aromatic carbocycles. The lowest BCUT2D eigenvalue weighted by Gasteiger charge is -2.40. The van der Waals surface area contributed by atoms with E-state index in [9.17, 15) is 4.79 Å². The molecule has 0 spiro atoms. The molecule has 1 amide bonds. The van der Waals surface area contributed by atoms with E-state index < -0.39 is 0 Å². The van der Waals surface area contributed by atoms with Crippen LogP contribution in [0.3, 0.4) is 0 Å². The van der Waals surface area contributed by atoms with Crippen molar-refractivity contribution in [3.05, 3.63) is 51.2 Å². The maximum absolute atomic E-state index is 13.4. The van der Waals surface area contributed by atoms with Crippen LogP contribution in [0.1, 0.15) is 42.2 Å². The van der Waals surface area contributed by atoms with Crippen molar-refractivity contribution in [2.45, 2.75) is 43.0 Å². The molecule has 1 unspecified atom stereocenters. The van der Waals surface area contributed by atoms with Gasteiger partial charge in [-0.1, -0.05) is 23.7 Å². The minimum Gasteiger partial charge on any atom is -0.335 e. The summed E-state index contributed by atoms with van der Waals surface area (Å²) in [6, 6.07) is 10.6. The monoisotopic (exact) mass is 432 g/mol. The highest BCUT2D eigenvalue weighted by Gasteiger charge is 2.43. The van der Waals surface area contributed by atoms with Crippen LogP contribution in [0.15, 0.2) is 40.6 Å². The standard InChI is InChI=1S/C22H25ClN2OS2/c23-18-3-1-2-4-20(18)28-24-11-7-16(8-12-24)22(26)25-13-9-19-17(10-14-27-19)21(25)15-5-6-15/h1-4,10,14-16,21H,5-9,11-13H2. The fourth-order valence-corrected chi connectivity index (χ4v) is 6.72. The van der Waals surface area contributed by atoms with Gasteiger partial charge in [0, 0.05) is 35.3 Å². The van der Waals surface area contributed by atoms with Crippen LogP contribution >= 0.6 is 34.9 Å². The lowest BCUT2D eigenvalue weighted by molar-refractivity contribution is -0.140. The smallest absolute Gasteiger partial charge is 0.226 e. The number of hydrogen-bond donors (Lipinski definition) is 0. The number of carbonyl (C=O) groups is 1. The number of thiophene rings is 1. The van der Waals surface area contributed by atoms with Gasteiger partial charge in [-0.15, -0.1) is 11.3 Å². The molecular formula is C22H25ClN2OS2. The van der Waals surface area contributed by atoms with Crippen LogP contribution in [0.4, 0.5) is 0 Å². The fraction of sp³-hybridized carbons (Fsp3) is 0.500. The maximum Gasteiger partial charge on any atom is 0.226 e. The molecule has 3 heterocycles. The molecule has 1 atom stereocenters. The normalized spacial score (nSPS) is 23.6. The number of nitrogens with zero attached hydrogens (tertiary/aromatic N) is 2. The van der Waals surface area contributed by atoms with E-state index in [1.807, 2.05) is 29.5 Å². The molecule has 1 saturated carbocycles. The van der Waals surface area contributed by atoms with E-state index >= 15 is 0 Å². The summed E-state index contributed by atoms with van der Waals surface area (Å²) in [4.78, 5) is 18.3. The van der Waals surface area contributed by atoms with Gasteiger partial charge in [-0.3, -0.25) is 4.79 Å². The van der Waals surface area contributed by atoms with Crippen LogP contribution in [0.5, 0.6) is 0 Å². The number of rotatable bonds is 4. The Balaban J connectivity index is 1.23. The molecule has 6 heteroatoms. The summed E-state index contributed by atoms with van der Waals surface area (Å²) in [6.07, 6.45) is 5.47. The molecule has 3 nitrogen and oxygen atoms in total. The average Bonchev–Trinajstić information content (AvgIpc) is 3.45. The quantitative estimate of drug-likeness (QED) is 0.582. The van der Waals surface area contributed by atoms with Gasteiger partial charge in [0.1, 0.15) is 0 Å². The molecule has 1 saturated heterocycles. The summed E-state index contributed by atoms with van der Waals surface area (Å²) in [6.45, 7) is 2.79. The Hall–Kier alpha value is -1.01. The van der Waals surface area contributed by atoms with Crippen molar-refractivity contribution in [3.63, 3.8) is 0 Å². The first-order valence-electron chi connectivity index (χ1n) is 10.2. The van der Waals surface area contributed by atoms with Crippen LogP contribution in [-0.4, -0.2) is 34.7 Å². The predicted molar refractivity (Wildman–Crippen MR) is 117 cm³/mol. The van der Waals surface area contributed by atoms with E-state index in [1.54, 1.807) is 11.9 Å². The van der Waals surface area contributed by atoms with Gasteiger partial charge in [0.05, 0.1) is 11.1 Å². The first-order chi connectivity index (χ1) is 13.7. The zero-order valence-corrected chi connectivity index (χ0v) is 18.2. The van der Waals surface area contributed by atoms with Crippen LogP contribution in [0.2, 0.25) is 5.02 Å². The number of hydrogen-bond acceptors (Lipinski definition) is 4. The molecule has 28 heavy (non-hydrogen) atoms. The van der Waals surface area contributed by atoms with Crippen LogP contribution in [-0.2, 0) is 11.2 Å². The number of benzene rings is 1. The van der Waals surface area contributed by atoms with Gasteiger partial charge in [0.25, 0.3) is 0 Å². The third-order valence-electron chi connectivity index (χ3n) is 6.23. The molecule has 0 bridgehead atoms. The second-order valence-electron chi connectivity index (χ2n) is 8.09. The number of carbonyl (C=O) groups excluding carboxylic acids is 1. The van der Waals surface area contributed by atoms with Crippen molar-refractivity contribution < 1.29 is 4.79 Å². The zero-order valence-electron chi connectivity index (χ0n) is 15.9. The van der Waals surface area contributed by atoms with Crippen molar-refractivity contribution in [2.24, 2.45) is 11.8 Å². The first kappa shape index (κ1) is 19.0. The van der Waals surface area contributed by atoms with E-state index in [1.165, 1.54) is 23.3 Å². The Bertz CT molecular complexity index is 858. The van der Waals surface area contributed by atoms with E-state index in [0.717, 1.165) is 48.8 Å². The van der Waals surface area contributed by atoms with E-state index in [0.29, 0.717) is 17.9 Å². The molecule has 0 N–H and O–H groups in total. The molecule has 2 aromatic rings. The van der Waals surface area contributed by atoms with Crippen molar-refractivity contribution in [1.82, 2.24) is 9.21 Å². The summed E-state index contributed by atoms with van der Waals surface area (Å²) in [5, 5.41) is 3.01.